The fraction of sp³-hybridized carbons (Fsp3) is 0.627. The van der Waals surface area contributed by atoms with E-state index in [1.165, 1.54) is 33.1 Å². The van der Waals surface area contributed by atoms with E-state index in [1.54, 1.807) is 46.8 Å². The van der Waals surface area contributed by atoms with Crippen molar-refractivity contribution in [2.45, 2.75) is 187 Å². The summed E-state index contributed by atoms with van der Waals surface area (Å²) in [7, 11) is 1.26. The SMILES string of the molecule is CCC(=O)O[C@@H]1[C@H](O[C@H]2C(C)=CC(C)=CC[C@@H]([C@H](C)O)OC(=O)C(CO[C@H]3O[C@@H](C)[C@@H](OC(=O)c4c(O)c(Cl)c(O)c(Cl)c4CC)[C@@H](O)[C@H]3OC)=CC=CC[C@@H](O)C(C)=C[C@@H]2CC)OC(C)(C)[C@H](O)[C@@H]1O. The molecule has 18 nitrogen and oxygen atoms in total. The largest absolute Gasteiger partial charge is 0.505 e. The summed E-state index contributed by atoms with van der Waals surface area (Å²) >= 11 is 12.3. The molecule has 398 valence electrons. The summed E-state index contributed by atoms with van der Waals surface area (Å²) in [5.41, 5.74) is 0.292. The summed E-state index contributed by atoms with van der Waals surface area (Å²) in [4.78, 5) is 40.0. The van der Waals surface area contributed by atoms with Gasteiger partial charge in [0.25, 0.3) is 0 Å². The number of hydrogen-bond acceptors (Lipinski definition) is 18. The molecular weight excluding hydrogens is 971 g/mol. The quantitative estimate of drug-likeness (QED) is 0.0680. The first-order valence-electron chi connectivity index (χ1n) is 23.8. The zero-order valence-corrected chi connectivity index (χ0v) is 43.7. The fourth-order valence-electron chi connectivity index (χ4n) is 8.49. The average molecular weight is 1040 g/mol. The minimum absolute atomic E-state index is 0.00478. The minimum atomic E-state index is -1.57. The summed E-state index contributed by atoms with van der Waals surface area (Å²) in [5, 5.41) is 75.9. The van der Waals surface area contributed by atoms with E-state index in [2.05, 4.69) is 0 Å². The molecule has 0 aromatic heterocycles. The zero-order chi connectivity index (χ0) is 53.2. The molecule has 0 radical (unpaired) electrons. The molecular formula is C51H72Cl2O18. The van der Waals surface area contributed by atoms with Gasteiger partial charge in [-0.1, -0.05) is 79.9 Å². The highest BCUT2D eigenvalue weighted by molar-refractivity contribution is 6.39. The Morgan fingerprint density at radius 1 is 0.915 bits per heavy atom. The molecule has 3 heterocycles. The normalized spacial score (nSPS) is 31.7. The Balaban J connectivity index is 1.63. The Kier molecular flexibility index (Phi) is 22.2. The molecule has 0 bridgehead atoms. The fourth-order valence-corrected chi connectivity index (χ4v) is 9.05. The number of phenolic OH excluding ortho intramolecular Hbond substituents is 2. The molecule has 0 aliphatic carbocycles. The van der Waals surface area contributed by atoms with Gasteiger partial charge in [0.05, 0.1) is 47.2 Å². The maximum Gasteiger partial charge on any atom is 0.342 e. The van der Waals surface area contributed by atoms with Crippen molar-refractivity contribution >= 4 is 41.1 Å². The molecule has 71 heavy (non-hydrogen) atoms. The molecule has 4 rings (SSSR count). The van der Waals surface area contributed by atoms with E-state index in [0.29, 0.717) is 23.1 Å². The van der Waals surface area contributed by atoms with Gasteiger partial charge in [-0.3, -0.25) is 4.79 Å². The number of carbonyl (C=O) groups excluding carboxylic acids is 3. The number of aromatic hydroxyl groups is 2. The van der Waals surface area contributed by atoms with Gasteiger partial charge < -0.3 is 73.6 Å². The van der Waals surface area contributed by atoms with E-state index in [1.807, 2.05) is 32.9 Å². The number of aliphatic hydroxyl groups excluding tert-OH is 5. The second kappa shape index (κ2) is 26.4. The van der Waals surface area contributed by atoms with Gasteiger partial charge in [-0.25, -0.2) is 9.59 Å². The second-order valence-electron chi connectivity index (χ2n) is 18.6. The van der Waals surface area contributed by atoms with Crippen LogP contribution in [0, 0.1) is 5.92 Å². The van der Waals surface area contributed by atoms with Crippen molar-refractivity contribution in [3.8, 4) is 11.5 Å². The van der Waals surface area contributed by atoms with Crippen LogP contribution in [-0.2, 0) is 53.9 Å². The molecule has 1 aromatic carbocycles. The van der Waals surface area contributed by atoms with Crippen LogP contribution >= 0.6 is 23.2 Å². The van der Waals surface area contributed by atoms with Gasteiger partial charge in [0, 0.05) is 25.9 Å². The number of esters is 3. The maximum atomic E-state index is 14.0. The van der Waals surface area contributed by atoms with Crippen molar-refractivity contribution in [3.05, 3.63) is 79.9 Å². The van der Waals surface area contributed by atoms with E-state index < -0.39 is 138 Å². The van der Waals surface area contributed by atoms with Gasteiger partial charge in [0.15, 0.2) is 36.3 Å². The summed E-state index contributed by atoms with van der Waals surface area (Å²) in [5.74, 6) is -4.37. The summed E-state index contributed by atoms with van der Waals surface area (Å²) in [6.45, 7) is 16.3. The summed E-state index contributed by atoms with van der Waals surface area (Å²) in [6.07, 6.45) is -5.38. The third-order valence-corrected chi connectivity index (χ3v) is 13.6. The van der Waals surface area contributed by atoms with Crippen LogP contribution in [0.25, 0.3) is 0 Å². The van der Waals surface area contributed by atoms with E-state index in [9.17, 15) is 50.1 Å². The first kappa shape index (κ1) is 59.7. The zero-order valence-electron chi connectivity index (χ0n) is 42.2. The molecule has 3 aliphatic rings. The molecule has 2 fully saturated rings. The summed E-state index contributed by atoms with van der Waals surface area (Å²) < 4.78 is 47.6. The lowest BCUT2D eigenvalue weighted by molar-refractivity contribution is -0.333. The molecule has 20 heteroatoms. The van der Waals surface area contributed by atoms with Crippen molar-refractivity contribution in [1.82, 2.24) is 0 Å². The van der Waals surface area contributed by atoms with Gasteiger partial charge in [-0.05, 0) is 90.5 Å². The minimum Gasteiger partial charge on any atom is -0.505 e. The van der Waals surface area contributed by atoms with Crippen LogP contribution in [0.15, 0.2) is 58.7 Å². The number of rotatable bonds is 13. The molecule has 0 saturated carbocycles. The number of hydrogen-bond donors (Lipinski definition) is 7. The Morgan fingerprint density at radius 3 is 2.20 bits per heavy atom. The highest BCUT2D eigenvalue weighted by Crippen LogP contribution is 2.45. The second-order valence-corrected chi connectivity index (χ2v) is 19.4. The van der Waals surface area contributed by atoms with Crippen LogP contribution in [-0.4, -0.2) is 153 Å². The topological polar surface area (TPSA) is 267 Å². The first-order chi connectivity index (χ1) is 33.3. The van der Waals surface area contributed by atoms with E-state index in [0.717, 1.165) is 0 Å². The van der Waals surface area contributed by atoms with Crippen LogP contribution < -0.4 is 0 Å². The number of aliphatic hydroxyl groups is 5. The molecule has 0 unspecified atom stereocenters. The van der Waals surface area contributed by atoms with Crippen molar-refractivity contribution in [1.29, 1.82) is 0 Å². The molecule has 14 atom stereocenters. The monoisotopic (exact) mass is 1040 g/mol. The highest BCUT2D eigenvalue weighted by atomic mass is 35.5. The van der Waals surface area contributed by atoms with Gasteiger partial charge in [-0.15, -0.1) is 0 Å². The van der Waals surface area contributed by atoms with Crippen LogP contribution in [0.2, 0.25) is 10.0 Å². The Bertz CT molecular complexity index is 2180. The lowest BCUT2D eigenvalue weighted by Crippen LogP contribution is -2.64. The lowest BCUT2D eigenvalue weighted by Gasteiger charge is -2.47. The van der Waals surface area contributed by atoms with Crippen molar-refractivity contribution in [3.63, 3.8) is 0 Å². The molecule has 0 spiro atoms. The van der Waals surface area contributed by atoms with E-state index in [-0.39, 0.29) is 41.8 Å². The average Bonchev–Trinajstić information content (AvgIpc) is 3.32. The number of halogens is 2. The third-order valence-electron chi connectivity index (χ3n) is 12.8. The standard InChI is InChI=1S/C51H72Cl2O18/c1-12-29-22-25(5)32(55)18-16-15-17-30(23-65-49-44(64-11)40(59)43(28(8)66-49)69-48(63)35-31(13-2)36(52)39(58)37(53)38(35)57)47(62)67-33(27(7)54)20-19-24(4)21-26(6)42(29)70-50-45(68-34(56)14-3)41(60)46(61)51(9,10)71-50/h15-17,19,21-22,27-29,32-33,40-46,49-50,54-55,57-61H,12-14,18,20,23H2,1-11H3/t27-,28-,29-,32+,33-,40+,41+,42-,43+,44+,45-,46+,49-,50+/m0/s1. The predicted octanol–water partition coefficient (Wildman–Crippen LogP) is 5.99. The van der Waals surface area contributed by atoms with Crippen LogP contribution in [0.3, 0.4) is 0 Å². The Labute approximate surface area is 425 Å². The number of carbonyl (C=O) groups is 3. The number of cyclic esters (lactones) is 1. The number of methoxy groups -OCH3 is 1. The van der Waals surface area contributed by atoms with Crippen molar-refractivity contribution in [2.75, 3.05) is 13.7 Å². The maximum absolute atomic E-state index is 14.0. The molecule has 0 amide bonds. The molecule has 1 aromatic rings. The van der Waals surface area contributed by atoms with Crippen LogP contribution in [0.5, 0.6) is 11.5 Å². The lowest BCUT2D eigenvalue weighted by atomic mass is 9.88. The molecule has 3 aliphatic heterocycles. The highest BCUT2D eigenvalue weighted by Gasteiger charge is 2.52. The van der Waals surface area contributed by atoms with Crippen LogP contribution in [0.4, 0.5) is 0 Å². The predicted molar refractivity (Wildman–Crippen MR) is 261 cm³/mol. The summed E-state index contributed by atoms with van der Waals surface area (Å²) in [6, 6.07) is 0. The van der Waals surface area contributed by atoms with Crippen molar-refractivity contribution in [2.24, 2.45) is 5.92 Å². The van der Waals surface area contributed by atoms with Gasteiger partial charge in [0.1, 0.15) is 41.1 Å². The van der Waals surface area contributed by atoms with Crippen molar-refractivity contribution < 1.29 is 88.0 Å². The van der Waals surface area contributed by atoms with E-state index >= 15 is 0 Å². The van der Waals surface area contributed by atoms with Gasteiger partial charge >= 0.3 is 17.9 Å². The first-order valence-corrected chi connectivity index (χ1v) is 24.5. The van der Waals surface area contributed by atoms with Crippen LogP contribution in [0.1, 0.15) is 111 Å². The van der Waals surface area contributed by atoms with E-state index in [4.69, 9.17) is 61.1 Å². The Hall–Kier alpha value is -3.89. The number of allylic oxidation sites excluding steroid dienone is 4. The number of benzene rings is 1. The molecule has 7 N–H and O–H groups in total. The third kappa shape index (κ3) is 14.7. The van der Waals surface area contributed by atoms with Gasteiger partial charge in [0.2, 0.25) is 0 Å². The number of phenols is 2. The molecule has 2 saturated heterocycles. The Morgan fingerprint density at radius 2 is 1.59 bits per heavy atom. The van der Waals surface area contributed by atoms with Gasteiger partial charge in [-0.2, -0.15) is 0 Å². The number of ether oxygens (including phenoxy) is 8. The smallest absolute Gasteiger partial charge is 0.342 e.